The minimum atomic E-state index is -3.09. The van der Waals surface area contributed by atoms with Crippen LogP contribution in [0.4, 0.5) is 13.2 Å². The van der Waals surface area contributed by atoms with Gasteiger partial charge in [0.05, 0.1) is 10.7 Å². The smallest absolute Gasteiger partial charge is 0.278 e. The number of aryl methyl sites for hydroxylation is 1. The second-order valence-corrected chi connectivity index (χ2v) is 10.3. The summed E-state index contributed by atoms with van der Waals surface area (Å²) in [6.07, 6.45) is 4.25. The van der Waals surface area contributed by atoms with E-state index in [0.29, 0.717) is 24.4 Å². The summed E-state index contributed by atoms with van der Waals surface area (Å²) in [6.45, 7) is 3.62. The van der Waals surface area contributed by atoms with E-state index in [1.54, 1.807) is 6.92 Å². The Morgan fingerprint density at radius 2 is 2.00 bits per heavy atom. The van der Waals surface area contributed by atoms with Gasteiger partial charge in [0.15, 0.2) is 35.9 Å². The number of fused-ring (bicyclic) bond motifs is 1. The fourth-order valence-corrected chi connectivity index (χ4v) is 4.77. The third kappa shape index (κ3) is 7.23. The van der Waals surface area contributed by atoms with E-state index < -0.39 is 18.3 Å². The number of hydrogen-bond donors (Lipinski definition) is 1. The first kappa shape index (κ1) is 28.0. The van der Waals surface area contributed by atoms with Crippen molar-refractivity contribution in [3.63, 3.8) is 0 Å². The SMILES string of the molecule is CNC1(C)CCSCC1.Cc1c(Oc2ncc(Cl)cc2OCC(C)(F)F)cc(F)c2nc(C=O)nn12. The number of aldehydes is 1. The number of alkyl halides is 2. The number of thioether (sulfide) groups is 1. The van der Waals surface area contributed by atoms with Crippen LogP contribution in [0.2, 0.25) is 5.02 Å². The average molecular weight is 546 g/mol. The Kier molecular flexibility index (Phi) is 9.07. The van der Waals surface area contributed by atoms with Crippen molar-refractivity contribution in [2.24, 2.45) is 0 Å². The second kappa shape index (κ2) is 11.7. The van der Waals surface area contributed by atoms with Crippen LogP contribution in [0.1, 0.15) is 43.0 Å². The number of pyridine rings is 2. The number of nitrogens with zero attached hydrogens (tertiary/aromatic N) is 4. The van der Waals surface area contributed by atoms with Crippen LogP contribution in [-0.2, 0) is 0 Å². The summed E-state index contributed by atoms with van der Waals surface area (Å²) >= 11 is 7.89. The van der Waals surface area contributed by atoms with Gasteiger partial charge in [0.25, 0.3) is 11.8 Å². The van der Waals surface area contributed by atoms with Gasteiger partial charge in [-0.25, -0.2) is 27.7 Å². The molecule has 0 aromatic carbocycles. The highest BCUT2D eigenvalue weighted by atomic mass is 35.5. The van der Waals surface area contributed by atoms with Gasteiger partial charge in [-0.2, -0.15) is 11.8 Å². The summed E-state index contributed by atoms with van der Waals surface area (Å²) in [5, 5.41) is 7.35. The van der Waals surface area contributed by atoms with E-state index in [-0.39, 0.29) is 33.9 Å². The zero-order valence-corrected chi connectivity index (χ0v) is 21.9. The van der Waals surface area contributed by atoms with Gasteiger partial charge < -0.3 is 14.8 Å². The third-order valence-corrected chi connectivity index (χ3v) is 6.74. The molecular formula is C23H27ClF3N5O3S. The molecule has 3 aromatic heterocycles. The molecule has 0 bridgehead atoms. The molecule has 1 fully saturated rings. The Morgan fingerprint density at radius 3 is 2.58 bits per heavy atom. The van der Waals surface area contributed by atoms with Crippen LogP contribution < -0.4 is 14.8 Å². The van der Waals surface area contributed by atoms with Crippen LogP contribution in [0.25, 0.3) is 5.65 Å². The van der Waals surface area contributed by atoms with Crippen molar-refractivity contribution < 1.29 is 27.4 Å². The molecule has 0 radical (unpaired) electrons. The zero-order valence-electron chi connectivity index (χ0n) is 20.3. The van der Waals surface area contributed by atoms with E-state index in [9.17, 15) is 18.0 Å². The fraction of sp³-hybridized carbons (Fsp3) is 0.478. The minimum Gasteiger partial charge on any atom is -0.482 e. The van der Waals surface area contributed by atoms with Crippen LogP contribution in [0.3, 0.4) is 0 Å². The average Bonchev–Trinajstić information content (AvgIpc) is 3.28. The van der Waals surface area contributed by atoms with Crippen molar-refractivity contribution in [3.8, 4) is 17.4 Å². The first-order valence-corrected chi connectivity index (χ1v) is 12.6. The molecule has 0 atom stereocenters. The Labute approximate surface area is 215 Å². The van der Waals surface area contributed by atoms with Crippen LogP contribution in [-0.4, -0.2) is 62.5 Å². The van der Waals surface area contributed by atoms with Gasteiger partial charge in [-0.3, -0.25) is 4.79 Å². The van der Waals surface area contributed by atoms with Gasteiger partial charge in [-0.05, 0) is 45.2 Å². The molecule has 4 heterocycles. The van der Waals surface area contributed by atoms with E-state index in [2.05, 4.69) is 46.1 Å². The number of ether oxygens (including phenoxy) is 2. The van der Waals surface area contributed by atoms with Crippen molar-refractivity contribution in [1.82, 2.24) is 24.9 Å². The molecule has 4 rings (SSSR count). The van der Waals surface area contributed by atoms with Crippen molar-refractivity contribution >= 4 is 35.3 Å². The van der Waals surface area contributed by atoms with Crippen molar-refractivity contribution in [2.45, 2.75) is 45.1 Å². The lowest BCUT2D eigenvalue weighted by Crippen LogP contribution is -2.42. The minimum absolute atomic E-state index is 0.0229. The molecule has 0 amide bonds. The van der Waals surface area contributed by atoms with E-state index in [1.807, 2.05) is 0 Å². The lowest BCUT2D eigenvalue weighted by atomic mass is 9.95. The Hall–Kier alpha value is -2.57. The molecule has 8 nitrogen and oxygen atoms in total. The molecule has 0 spiro atoms. The first-order chi connectivity index (χ1) is 16.9. The maximum atomic E-state index is 14.3. The molecule has 0 unspecified atom stereocenters. The van der Waals surface area contributed by atoms with E-state index in [0.717, 1.165) is 10.6 Å². The second-order valence-electron chi connectivity index (χ2n) is 8.61. The molecule has 196 valence electrons. The fourth-order valence-electron chi connectivity index (χ4n) is 3.23. The zero-order chi connectivity index (χ0) is 26.5. The number of carbonyl (C=O) groups is 1. The van der Waals surface area contributed by atoms with Crippen LogP contribution in [0.5, 0.6) is 17.4 Å². The summed E-state index contributed by atoms with van der Waals surface area (Å²) in [5.41, 5.74) is 0.592. The quantitative estimate of drug-likeness (QED) is 0.397. The highest BCUT2D eigenvalue weighted by Crippen LogP contribution is 2.34. The largest absolute Gasteiger partial charge is 0.482 e. The lowest BCUT2D eigenvalue weighted by Gasteiger charge is -2.32. The van der Waals surface area contributed by atoms with Crippen LogP contribution in [0.15, 0.2) is 18.3 Å². The van der Waals surface area contributed by atoms with Gasteiger partial charge in [-0.1, -0.05) is 11.6 Å². The van der Waals surface area contributed by atoms with Gasteiger partial charge in [-0.15, -0.1) is 5.10 Å². The predicted octanol–water partition coefficient (Wildman–Crippen LogP) is 5.36. The summed E-state index contributed by atoms with van der Waals surface area (Å²) in [7, 11) is 2.07. The molecule has 3 aromatic rings. The molecule has 1 N–H and O–H groups in total. The van der Waals surface area contributed by atoms with Crippen molar-refractivity contribution in [3.05, 3.63) is 40.7 Å². The predicted molar refractivity (Wildman–Crippen MR) is 133 cm³/mol. The molecule has 0 aliphatic carbocycles. The van der Waals surface area contributed by atoms with Crippen LogP contribution >= 0.6 is 23.4 Å². The van der Waals surface area contributed by atoms with Gasteiger partial charge in [0, 0.05) is 30.8 Å². The first-order valence-electron chi connectivity index (χ1n) is 11.1. The standard InChI is InChI=1S/C16H12ClF3N4O3.C7H15NS/c1-8-11(4-10(18)14-22-13(6-25)23-24(8)14)27-15-12(3-9(17)5-21-15)26-7-16(2,19)20;1-7(8-2)3-5-9-6-4-7/h3-6H,7H2,1-2H3;8H,3-6H2,1-2H3. The summed E-state index contributed by atoms with van der Waals surface area (Å²) < 4.78 is 52.1. The summed E-state index contributed by atoms with van der Waals surface area (Å²) in [5.74, 6) is -1.79. The Morgan fingerprint density at radius 1 is 1.31 bits per heavy atom. The molecule has 1 aliphatic rings. The monoisotopic (exact) mass is 545 g/mol. The number of rotatable bonds is 7. The van der Waals surface area contributed by atoms with Crippen molar-refractivity contribution in [2.75, 3.05) is 25.2 Å². The molecule has 0 saturated carbocycles. The van der Waals surface area contributed by atoms with Crippen molar-refractivity contribution in [1.29, 1.82) is 0 Å². The van der Waals surface area contributed by atoms with Crippen LogP contribution in [0, 0.1) is 12.7 Å². The maximum Gasteiger partial charge on any atom is 0.278 e. The molecule has 1 saturated heterocycles. The normalized spacial score (nSPS) is 15.2. The molecule has 1 aliphatic heterocycles. The summed E-state index contributed by atoms with van der Waals surface area (Å²) in [4.78, 5) is 18.4. The van der Waals surface area contributed by atoms with E-state index in [4.69, 9.17) is 21.1 Å². The Bertz CT molecular complexity index is 1220. The summed E-state index contributed by atoms with van der Waals surface area (Å²) in [6, 6.07) is 2.27. The number of halogens is 4. The topological polar surface area (TPSA) is 90.6 Å². The van der Waals surface area contributed by atoms with Gasteiger partial charge in [0.2, 0.25) is 5.82 Å². The van der Waals surface area contributed by atoms with Gasteiger partial charge >= 0.3 is 0 Å². The highest BCUT2D eigenvalue weighted by Gasteiger charge is 2.25. The number of carbonyl (C=O) groups excluding carboxylic acids is 1. The highest BCUT2D eigenvalue weighted by molar-refractivity contribution is 7.99. The van der Waals surface area contributed by atoms with Gasteiger partial charge in [0.1, 0.15) is 0 Å². The third-order valence-electron chi connectivity index (χ3n) is 5.55. The number of hydrogen-bond acceptors (Lipinski definition) is 8. The number of aromatic nitrogens is 4. The number of nitrogens with one attached hydrogen (secondary N) is 1. The van der Waals surface area contributed by atoms with E-state index >= 15 is 0 Å². The maximum absolute atomic E-state index is 14.3. The molecule has 36 heavy (non-hydrogen) atoms. The Balaban J connectivity index is 0.000000338. The molecule has 13 heteroatoms. The lowest BCUT2D eigenvalue weighted by molar-refractivity contribution is -0.0235. The molecular weight excluding hydrogens is 519 g/mol. The van der Waals surface area contributed by atoms with E-state index in [1.165, 1.54) is 36.6 Å².